The van der Waals surface area contributed by atoms with Crippen LogP contribution in [-0.2, 0) is 12.6 Å². The van der Waals surface area contributed by atoms with Crippen LogP contribution in [0.2, 0.25) is 0 Å². The Balaban J connectivity index is 1.40. The monoisotopic (exact) mass is 461 g/mol. The fourth-order valence-corrected chi connectivity index (χ4v) is 4.32. The smallest absolute Gasteiger partial charge is 0.387 e. The first-order valence-corrected chi connectivity index (χ1v) is 10.6. The number of benzene rings is 2. The van der Waals surface area contributed by atoms with Gasteiger partial charge < -0.3 is 10.8 Å². The number of hydrogen-bond donors (Lipinski definition) is 2. The maximum absolute atomic E-state index is 13.4. The number of aliphatic hydroxyl groups is 1. The SMILES string of the molecule is NC(CCc1ncc(-c2ccc3cnc(F)cc3c2)s1)C(O)c1ccc(C(F)(F)F)cc1. The van der Waals surface area contributed by atoms with E-state index in [4.69, 9.17) is 5.73 Å². The minimum atomic E-state index is -4.43. The first kappa shape index (κ1) is 22.3. The van der Waals surface area contributed by atoms with Gasteiger partial charge in [-0.1, -0.05) is 24.3 Å². The van der Waals surface area contributed by atoms with Gasteiger partial charge in [0.25, 0.3) is 0 Å². The van der Waals surface area contributed by atoms with Crippen LogP contribution < -0.4 is 5.73 Å². The lowest BCUT2D eigenvalue weighted by Crippen LogP contribution is -2.29. The van der Waals surface area contributed by atoms with Crippen LogP contribution in [0.25, 0.3) is 21.2 Å². The molecule has 0 amide bonds. The molecule has 166 valence electrons. The summed E-state index contributed by atoms with van der Waals surface area (Å²) in [6.45, 7) is 0. The molecule has 0 fully saturated rings. The highest BCUT2D eigenvalue weighted by molar-refractivity contribution is 7.15. The molecule has 9 heteroatoms. The van der Waals surface area contributed by atoms with Crippen LogP contribution in [0, 0.1) is 5.95 Å². The molecule has 0 saturated heterocycles. The molecule has 4 nitrogen and oxygen atoms in total. The number of hydrogen-bond acceptors (Lipinski definition) is 5. The highest BCUT2D eigenvalue weighted by Gasteiger charge is 2.30. The summed E-state index contributed by atoms with van der Waals surface area (Å²) < 4.78 is 51.5. The topological polar surface area (TPSA) is 72.0 Å². The molecule has 0 aliphatic rings. The van der Waals surface area contributed by atoms with E-state index < -0.39 is 29.8 Å². The number of pyridine rings is 1. The molecular formula is C23H19F4N3OS. The normalized spacial score (nSPS) is 13.9. The van der Waals surface area contributed by atoms with Gasteiger partial charge in [-0.3, -0.25) is 0 Å². The van der Waals surface area contributed by atoms with Crippen molar-refractivity contribution in [2.45, 2.75) is 31.2 Å². The van der Waals surface area contributed by atoms with E-state index in [2.05, 4.69) is 9.97 Å². The molecule has 32 heavy (non-hydrogen) atoms. The summed E-state index contributed by atoms with van der Waals surface area (Å²) in [5, 5.41) is 12.8. The summed E-state index contributed by atoms with van der Waals surface area (Å²) in [5.41, 5.74) is 6.55. The molecule has 2 aromatic heterocycles. The fourth-order valence-electron chi connectivity index (χ4n) is 3.39. The van der Waals surface area contributed by atoms with E-state index in [0.717, 1.165) is 38.4 Å². The van der Waals surface area contributed by atoms with Crippen molar-refractivity contribution in [3.8, 4) is 10.4 Å². The predicted molar refractivity (Wildman–Crippen MR) is 116 cm³/mol. The molecule has 0 saturated carbocycles. The summed E-state index contributed by atoms with van der Waals surface area (Å²) in [6.07, 6.45) is -1.38. The Hall–Kier alpha value is -2.88. The average molecular weight is 461 g/mol. The Labute approximate surface area is 185 Å². The van der Waals surface area contributed by atoms with E-state index in [1.54, 1.807) is 6.20 Å². The summed E-state index contributed by atoms with van der Waals surface area (Å²) in [4.78, 5) is 8.96. The third-order valence-electron chi connectivity index (χ3n) is 5.20. The van der Waals surface area contributed by atoms with E-state index in [1.165, 1.54) is 35.7 Å². The first-order chi connectivity index (χ1) is 15.2. The molecule has 3 N–H and O–H groups in total. The standard InChI is InChI=1S/C23H19F4N3OS/c24-20-10-16-9-14(1-2-15(16)11-29-20)19-12-30-21(32-19)8-7-18(28)22(31)13-3-5-17(6-4-13)23(25,26)27/h1-6,9-12,18,22,31H,7-8,28H2. The fraction of sp³-hybridized carbons (Fsp3) is 0.217. The van der Waals surface area contributed by atoms with Crippen LogP contribution in [-0.4, -0.2) is 21.1 Å². The molecule has 2 atom stereocenters. The average Bonchev–Trinajstić information content (AvgIpc) is 3.25. The zero-order valence-electron chi connectivity index (χ0n) is 16.7. The Morgan fingerprint density at radius 3 is 2.44 bits per heavy atom. The summed E-state index contributed by atoms with van der Waals surface area (Å²) in [5.74, 6) is -0.541. The second-order valence-electron chi connectivity index (χ2n) is 7.45. The molecule has 0 aliphatic carbocycles. The van der Waals surface area contributed by atoms with Crippen molar-refractivity contribution in [3.05, 3.63) is 83.0 Å². The van der Waals surface area contributed by atoms with Gasteiger partial charge in [0.1, 0.15) is 0 Å². The Kier molecular flexibility index (Phi) is 6.23. The van der Waals surface area contributed by atoms with Crippen LogP contribution >= 0.6 is 11.3 Å². The number of aryl methyl sites for hydroxylation is 1. The van der Waals surface area contributed by atoms with Gasteiger partial charge in [0, 0.05) is 36.3 Å². The van der Waals surface area contributed by atoms with E-state index in [0.29, 0.717) is 18.4 Å². The minimum Gasteiger partial charge on any atom is -0.387 e. The number of alkyl halides is 3. The van der Waals surface area contributed by atoms with Gasteiger partial charge in [-0.05, 0) is 41.1 Å². The second kappa shape index (κ2) is 8.93. The Bertz CT molecular complexity index is 1220. The van der Waals surface area contributed by atoms with E-state index in [9.17, 15) is 22.7 Å². The third kappa shape index (κ3) is 4.95. The molecular weight excluding hydrogens is 442 g/mol. The zero-order valence-corrected chi connectivity index (χ0v) is 17.5. The van der Waals surface area contributed by atoms with Gasteiger partial charge in [-0.15, -0.1) is 11.3 Å². The molecule has 0 spiro atoms. The summed E-state index contributed by atoms with van der Waals surface area (Å²) in [6, 6.07) is 10.7. The summed E-state index contributed by atoms with van der Waals surface area (Å²) >= 11 is 1.47. The van der Waals surface area contributed by atoms with Crippen molar-refractivity contribution >= 4 is 22.1 Å². The molecule has 4 rings (SSSR count). The lowest BCUT2D eigenvalue weighted by Gasteiger charge is -2.19. The third-order valence-corrected chi connectivity index (χ3v) is 6.31. The highest BCUT2D eigenvalue weighted by atomic mass is 32.1. The number of thiazole rings is 1. The zero-order chi connectivity index (χ0) is 22.9. The number of nitrogens with two attached hydrogens (primary N) is 1. The van der Waals surface area contributed by atoms with E-state index >= 15 is 0 Å². The molecule has 4 aromatic rings. The molecule has 0 radical (unpaired) electrons. The van der Waals surface area contributed by atoms with Gasteiger partial charge in [-0.2, -0.15) is 17.6 Å². The Morgan fingerprint density at radius 2 is 1.72 bits per heavy atom. The van der Waals surface area contributed by atoms with Crippen molar-refractivity contribution in [2.75, 3.05) is 0 Å². The van der Waals surface area contributed by atoms with Crippen molar-refractivity contribution in [3.63, 3.8) is 0 Å². The molecule has 2 unspecified atom stereocenters. The second-order valence-corrected chi connectivity index (χ2v) is 8.57. The lowest BCUT2D eigenvalue weighted by molar-refractivity contribution is -0.137. The summed E-state index contributed by atoms with van der Waals surface area (Å²) in [7, 11) is 0. The van der Waals surface area contributed by atoms with Crippen molar-refractivity contribution in [1.29, 1.82) is 0 Å². The predicted octanol–water partition coefficient (Wildman–Crippen LogP) is 5.51. The number of fused-ring (bicyclic) bond motifs is 1. The Morgan fingerprint density at radius 1 is 0.969 bits per heavy atom. The maximum Gasteiger partial charge on any atom is 0.416 e. The largest absolute Gasteiger partial charge is 0.416 e. The lowest BCUT2D eigenvalue weighted by atomic mass is 9.98. The molecule has 0 aliphatic heterocycles. The van der Waals surface area contributed by atoms with Crippen LogP contribution in [0.1, 0.15) is 28.7 Å². The van der Waals surface area contributed by atoms with Gasteiger partial charge in [-0.25, -0.2) is 9.97 Å². The van der Waals surface area contributed by atoms with Crippen LogP contribution in [0.15, 0.2) is 60.9 Å². The molecule has 0 bridgehead atoms. The van der Waals surface area contributed by atoms with Gasteiger partial charge in [0.15, 0.2) is 0 Å². The van der Waals surface area contributed by atoms with E-state index in [1.807, 2.05) is 18.2 Å². The van der Waals surface area contributed by atoms with Crippen LogP contribution in [0.5, 0.6) is 0 Å². The molecule has 2 heterocycles. The maximum atomic E-state index is 13.4. The number of nitrogens with zero attached hydrogens (tertiary/aromatic N) is 2. The number of aromatic nitrogens is 2. The van der Waals surface area contributed by atoms with Crippen LogP contribution in [0.4, 0.5) is 17.6 Å². The quantitative estimate of drug-likeness (QED) is 0.293. The van der Waals surface area contributed by atoms with Crippen LogP contribution in [0.3, 0.4) is 0 Å². The first-order valence-electron chi connectivity index (χ1n) is 9.82. The van der Waals surface area contributed by atoms with Gasteiger partial charge in [0.05, 0.1) is 21.6 Å². The highest BCUT2D eigenvalue weighted by Crippen LogP contribution is 2.32. The van der Waals surface area contributed by atoms with Crippen molar-refractivity contribution < 1.29 is 22.7 Å². The van der Waals surface area contributed by atoms with Crippen molar-refractivity contribution in [2.24, 2.45) is 5.73 Å². The van der Waals surface area contributed by atoms with E-state index in [-0.39, 0.29) is 0 Å². The minimum absolute atomic E-state index is 0.336. The number of aliphatic hydroxyl groups excluding tert-OH is 1. The van der Waals surface area contributed by atoms with Gasteiger partial charge in [0.2, 0.25) is 5.95 Å². The van der Waals surface area contributed by atoms with Gasteiger partial charge >= 0.3 is 6.18 Å². The van der Waals surface area contributed by atoms with Crippen molar-refractivity contribution in [1.82, 2.24) is 9.97 Å². The molecule has 2 aromatic carbocycles. The number of rotatable bonds is 6. The number of halogens is 4.